The number of carboxylic acids is 1. The predicted octanol–water partition coefficient (Wildman–Crippen LogP) is 3.81. The number of hydrogen-bond donors (Lipinski definition) is 2. The molecule has 0 aliphatic heterocycles. The van der Waals surface area contributed by atoms with Gasteiger partial charge >= 0.3 is 5.97 Å². The van der Waals surface area contributed by atoms with Gasteiger partial charge in [-0.05, 0) is 23.8 Å². The Morgan fingerprint density at radius 2 is 1.75 bits per heavy atom. The monoisotopic (exact) mass is 273 g/mol. The number of benzene rings is 2. The molecule has 0 radical (unpaired) electrons. The van der Waals surface area contributed by atoms with Gasteiger partial charge < -0.3 is 10.1 Å². The van der Waals surface area contributed by atoms with Gasteiger partial charge in [0, 0.05) is 10.9 Å². The highest BCUT2D eigenvalue weighted by Crippen LogP contribution is 2.33. The zero-order valence-corrected chi connectivity index (χ0v) is 10.2. The average Bonchev–Trinajstić information content (AvgIpc) is 2.81. The van der Waals surface area contributed by atoms with E-state index in [2.05, 4.69) is 4.98 Å². The van der Waals surface area contributed by atoms with Gasteiger partial charge in [-0.2, -0.15) is 0 Å². The smallest absolute Gasteiger partial charge is 0.352 e. The Morgan fingerprint density at radius 3 is 2.40 bits per heavy atom. The molecule has 100 valence electrons. The van der Waals surface area contributed by atoms with Crippen molar-refractivity contribution < 1.29 is 18.7 Å². The predicted molar refractivity (Wildman–Crippen MR) is 70.6 cm³/mol. The van der Waals surface area contributed by atoms with E-state index in [1.807, 2.05) is 0 Å². The second kappa shape index (κ2) is 4.45. The van der Waals surface area contributed by atoms with Crippen LogP contribution in [0.5, 0.6) is 0 Å². The van der Waals surface area contributed by atoms with Crippen LogP contribution in [0.2, 0.25) is 0 Å². The number of fused-ring (bicyclic) bond motifs is 1. The molecular formula is C15H9F2NO2. The maximum Gasteiger partial charge on any atom is 0.352 e. The first-order valence-electron chi connectivity index (χ1n) is 5.87. The molecule has 0 amide bonds. The standard InChI is InChI=1S/C15H9F2NO2/c16-9-6-4-8(5-7-9)12-10-2-1-3-11(17)13(10)18-14(12)15(19)20/h1-7,18H,(H,19,20). The number of aromatic carboxylic acids is 1. The second-order valence-electron chi connectivity index (χ2n) is 4.35. The van der Waals surface area contributed by atoms with E-state index < -0.39 is 17.6 Å². The van der Waals surface area contributed by atoms with Gasteiger partial charge in [-0.3, -0.25) is 0 Å². The number of hydrogen-bond acceptors (Lipinski definition) is 1. The Balaban J connectivity index is 2.37. The lowest BCUT2D eigenvalue weighted by molar-refractivity contribution is 0.0692. The summed E-state index contributed by atoms with van der Waals surface area (Å²) in [6.45, 7) is 0. The summed E-state index contributed by atoms with van der Waals surface area (Å²) in [5, 5.41) is 9.70. The fraction of sp³-hybridized carbons (Fsp3) is 0. The summed E-state index contributed by atoms with van der Waals surface area (Å²) in [7, 11) is 0. The van der Waals surface area contributed by atoms with Crippen molar-refractivity contribution in [1.82, 2.24) is 4.98 Å². The van der Waals surface area contributed by atoms with Gasteiger partial charge in [0.1, 0.15) is 17.3 Å². The molecular weight excluding hydrogens is 264 g/mol. The fourth-order valence-electron chi connectivity index (χ4n) is 2.26. The van der Waals surface area contributed by atoms with Crippen LogP contribution in [0.1, 0.15) is 10.5 Å². The van der Waals surface area contributed by atoms with E-state index in [9.17, 15) is 18.7 Å². The molecule has 0 fully saturated rings. The lowest BCUT2D eigenvalue weighted by atomic mass is 10.0. The lowest BCUT2D eigenvalue weighted by Crippen LogP contribution is -1.98. The third-order valence-corrected chi connectivity index (χ3v) is 3.13. The van der Waals surface area contributed by atoms with E-state index in [1.54, 1.807) is 6.07 Å². The van der Waals surface area contributed by atoms with E-state index >= 15 is 0 Å². The lowest BCUT2D eigenvalue weighted by Gasteiger charge is -2.02. The molecule has 0 saturated heterocycles. The summed E-state index contributed by atoms with van der Waals surface area (Å²) in [6.07, 6.45) is 0. The van der Waals surface area contributed by atoms with Crippen LogP contribution in [0.3, 0.4) is 0 Å². The normalized spacial score (nSPS) is 10.9. The Kier molecular flexibility index (Phi) is 2.75. The van der Waals surface area contributed by atoms with Crippen molar-refractivity contribution in [3.05, 3.63) is 59.8 Å². The quantitative estimate of drug-likeness (QED) is 0.746. The Morgan fingerprint density at radius 1 is 1.05 bits per heavy atom. The van der Waals surface area contributed by atoms with E-state index in [1.165, 1.54) is 36.4 Å². The number of aromatic amines is 1. The molecule has 3 aromatic rings. The fourth-order valence-corrected chi connectivity index (χ4v) is 2.26. The van der Waals surface area contributed by atoms with E-state index in [4.69, 9.17) is 0 Å². The number of carbonyl (C=O) groups is 1. The van der Waals surface area contributed by atoms with Crippen LogP contribution in [0.15, 0.2) is 42.5 Å². The molecule has 0 bridgehead atoms. The molecule has 20 heavy (non-hydrogen) atoms. The molecule has 0 saturated carbocycles. The van der Waals surface area contributed by atoms with Crippen molar-refractivity contribution in [3.8, 4) is 11.1 Å². The van der Waals surface area contributed by atoms with E-state index in [0.717, 1.165) is 0 Å². The van der Waals surface area contributed by atoms with Gasteiger partial charge in [-0.1, -0.05) is 24.3 Å². The van der Waals surface area contributed by atoms with E-state index in [0.29, 0.717) is 16.5 Å². The minimum atomic E-state index is -1.19. The van der Waals surface area contributed by atoms with Crippen molar-refractivity contribution in [2.75, 3.05) is 0 Å². The molecule has 3 rings (SSSR count). The molecule has 2 aromatic carbocycles. The van der Waals surface area contributed by atoms with Gasteiger partial charge in [0.15, 0.2) is 0 Å². The molecule has 0 spiro atoms. The summed E-state index contributed by atoms with van der Waals surface area (Å²) in [4.78, 5) is 13.9. The molecule has 0 unspecified atom stereocenters. The maximum atomic E-state index is 13.7. The topological polar surface area (TPSA) is 53.1 Å². The van der Waals surface area contributed by atoms with Crippen LogP contribution in [-0.2, 0) is 0 Å². The number of aromatic nitrogens is 1. The molecule has 1 aromatic heterocycles. The summed E-state index contributed by atoms with van der Waals surface area (Å²) >= 11 is 0. The minimum absolute atomic E-state index is 0.114. The third kappa shape index (κ3) is 1.84. The molecule has 0 aliphatic rings. The highest BCUT2D eigenvalue weighted by Gasteiger charge is 2.20. The maximum absolute atomic E-state index is 13.7. The zero-order chi connectivity index (χ0) is 14.3. The van der Waals surface area contributed by atoms with E-state index in [-0.39, 0.29) is 11.2 Å². The van der Waals surface area contributed by atoms with Gasteiger partial charge in [0.2, 0.25) is 0 Å². The average molecular weight is 273 g/mol. The van der Waals surface area contributed by atoms with Gasteiger partial charge in [0.25, 0.3) is 0 Å². The SMILES string of the molecule is O=C(O)c1[nH]c2c(F)cccc2c1-c1ccc(F)cc1. The van der Waals surface area contributed by atoms with Gasteiger partial charge in [-0.15, -0.1) is 0 Å². The number of H-pyrrole nitrogens is 1. The van der Waals surface area contributed by atoms with Crippen LogP contribution < -0.4 is 0 Å². The molecule has 5 heteroatoms. The first kappa shape index (κ1) is 12.3. The first-order valence-corrected chi connectivity index (χ1v) is 5.87. The summed E-state index contributed by atoms with van der Waals surface area (Å²) in [5.41, 5.74) is 0.883. The number of halogens is 2. The number of para-hydroxylation sites is 1. The summed E-state index contributed by atoms with van der Waals surface area (Å²) in [6, 6.07) is 9.78. The molecule has 1 heterocycles. The number of nitrogens with one attached hydrogen (secondary N) is 1. The van der Waals surface area contributed by atoms with Crippen molar-refractivity contribution in [3.63, 3.8) is 0 Å². The van der Waals surface area contributed by atoms with Crippen molar-refractivity contribution >= 4 is 16.9 Å². The van der Waals surface area contributed by atoms with Crippen molar-refractivity contribution in [2.24, 2.45) is 0 Å². The van der Waals surface area contributed by atoms with Crippen LogP contribution in [0.25, 0.3) is 22.0 Å². The molecule has 0 aliphatic carbocycles. The Bertz CT molecular complexity index is 807. The number of carboxylic acid groups (broad SMARTS) is 1. The summed E-state index contributed by atoms with van der Waals surface area (Å²) < 4.78 is 26.7. The van der Waals surface area contributed by atoms with Crippen LogP contribution in [0, 0.1) is 11.6 Å². The first-order chi connectivity index (χ1) is 9.58. The van der Waals surface area contributed by atoms with Crippen molar-refractivity contribution in [1.29, 1.82) is 0 Å². The summed E-state index contributed by atoms with van der Waals surface area (Å²) in [5.74, 6) is -2.14. The van der Waals surface area contributed by atoms with Crippen LogP contribution in [-0.4, -0.2) is 16.1 Å². The highest BCUT2D eigenvalue weighted by molar-refractivity contribution is 6.07. The largest absolute Gasteiger partial charge is 0.477 e. The molecule has 2 N–H and O–H groups in total. The second-order valence-corrected chi connectivity index (χ2v) is 4.35. The van der Waals surface area contributed by atoms with Crippen molar-refractivity contribution in [2.45, 2.75) is 0 Å². The minimum Gasteiger partial charge on any atom is -0.477 e. The van der Waals surface area contributed by atoms with Crippen LogP contribution in [0.4, 0.5) is 8.78 Å². The third-order valence-electron chi connectivity index (χ3n) is 3.13. The van der Waals surface area contributed by atoms with Gasteiger partial charge in [-0.25, -0.2) is 13.6 Å². The highest BCUT2D eigenvalue weighted by atomic mass is 19.1. The molecule has 0 atom stereocenters. The Hall–Kier alpha value is -2.69. The zero-order valence-electron chi connectivity index (χ0n) is 10.2. The van der Waals surface area contributed by atoms with Gasteiger partial charge in [0.05, 0.1) is 5.52 Å². The number of rotatable bonds is 2. The van der Waals surface area contributed by atoms with Crippen LogP contribution >= 0.6 is 0 Å². The Labute approximate surface area is 112 Å². The molecule has 3 nitrogen and oxygen atoms in total.